The number of rotatable bonds is 7. The highest BCUT2D eigenvalue weighted by atomic mass is 35.5. The maximum Gasteiger partial charge on any atom is 0.228 e. The normalized spacial score (nSPS) is 14.6. The first-order chi connectivity index (χ1) is 15.1. The molecule has 1 aliphatic heterocycles. The van der Waals surface area contributed by atoms with E-state index in [1.807, 2.05) is 18.2 Å². The van der Waals surface area contributed by atoms with Crippen LogP contribution in [-0.2, 0) is 13.0 Å². The maximum absolute atomic E-state index is 13.3. The minimum Gasteiger partial charge on any atom is -0.368 e. The third-order valence-corrected chi connectivity index (χ3v) is 5.40. The Morgan fingerprint density at radius 1 is 1.06 bits per heavy atom. The summed E-state index contributed by atoms with van der Waals surface area (Å²) in [6, 6.07) is 10.1. The smallest absolute Gasteiger partial charge is 0.228 e. The van der Waals surface area contributed by atoms with Crippen LogP contribution in [0, 0.1) is 5.82 Å². The second-order valence-corrected chi connectivity index (χ2v) is 7.71. The van der Waals surface area contributed by atoms with Crippen LogP contribution in [0.3, 0.4) is 0 Å². The summed E-state index contributed by atoms with van der Waals surface area (Å²) in [5.74, 6) is 1.75. The van der Waals surface area contributed by atoms with Gasteiger partial charge in [0.05, 0.1) is 5.02 Å². The number of aromatic nitrogens is 4. The summed E-state index contributed by atoms with van der Waals surface area (Å²) in [6.45, 7) is 4.73. The summed E-state index contributed by atoms with van der Waals surface area (Å²) in [7, 11) is 0. The van der Waals surface area contributed by atoms with Crippen molar-refractivity contribution < 1.29 is 4.39 Å². The molecule has 3 N–H and O–H groups in total. The largest absolute Gasteiger partial charge is 0.368 e. The standard InChI is InChI=1S/C21H24ClFN8/c22-17-5-2-7-25-19(17)31-11-9-30(10-12-31)8-6-18-27-20(24)29-21(28-18)26-14-15-3-1-4-16(23)13-15/h1-5,7,13H,6,8-12,14H2,(H3,24,26,27,28,29). The predicted octanol–water partition coefficient (Wildman–Crippen LogP) is 2.62. The number of nitrogens with one attached hydrogen (secondary N) is 1. The molecule has 0 spiro atoms. The predicted molar refractivity (Wildman–Crippen MR) is 120 cm³/mol. The lowest BCUT2D eigenvalue weighted by Gasteiger charge is -2.35. The Morgan fingerprint density at radius 3 is 2.68 bits per heavy atom. The van der Waals surface area contributed by atoms with Gasteiger partial charge in [-0.1, -0.05) is 23.7 Å². The summed E-state index contributed by atoms with van der Waals surface area (Å²) in [6.07, 6.45) is 2.42. The van der Waals surface area contributed by atoms with Crippen molar-refractivity contribution >= 4 is 29.3 Å². The molecule has 1 aromatic carbocycles. The number of nitrogens with two attached hydrogens (primary N) is 1. The third kappa shape index (κ3) is 5.77. The lowest BCUT2D eigenvalue weighted by atomic mass is 10.2. The van der Waals surface area contributed by atoms with Crippen molar-refractivity contribution in [3.8, 4) is 0 Å². The number of nitrogen functional groups attached to an aromatic ring is 1. The van der Waals surface area contributed by atoms with Gasteiger partial charge in [-0.15, -0.1) is 0 Å². The number of halogens is 2. The highest BCUT2D eigenvalue weighted by molar-refractivity contribution is 6.32. The molecule has 31 heavy (non-hydrogen) atoms. The van der Waals surface area contributed by atoms with Crippen LogP contribution in [0.25, 0.3) is 0 Å². The van der Waals surface area contributed by atoms with Crippen LogP contribution in [0.5, 0.6) is 0 Å². The van der Waals surface area contributed by atoms with Gasteiger partial charge in [0.15, 0.2) is 0 Å². The second kappa shape index (κ2) is 9.84. The van der Waals surface area contributed by atoms with Crippen LogP contribution < -0.4 is 16.0 Å². The number of benzene rings is 1. The molecule has 8 nitrogen and oxygen atoms in total. The van der Waals surface area contributed by atoms with Gasteiger partial charge in [-0.3, -0.25) is 4.90 Å². The van der Waals surface area contributed by atoms with Crippen LogP contribution in [0.4, 0.5) is 22.1 Å². The Kier molecular flexibility index (Phi) is 6.73. The van der Waals surface area contributed by atoms with Gasteiger partial charge in [-0.05, 0) is 29.8 Å². The van der Waals surface area contributed by atoms with Crippen LogP contribution in [0.15, 0.2) is 42.6 Å². The number of hydrogen-bond acceptors (Lipinski definition) is 8. The zero-order valence-corrected chi connectivity index (χ0v) is 17.8. The van der Waals surface area contributed by atoms with E-state index in [4.69, 9.17) is 17.3 Å². The molecule has 1 saturated heterocycles. The number of piperazine rings is 1. The molecule has 0 aliphatic carbocycles. The Hall–Kier alpha value is -3.04. The molecular formula is C21H24ClFN8. The van der Waals surface area contributed by atoms with Crippen molar-refractivity contribution in [1.82, 2.24) is 24.8 Å². The Bertz CT molecular complexity index is 1030. The molecule has 0 unspecified atom stereocenters. The first-order valence-corrected chi connectivity index (χ1v) is 10.5. The Labute approximate surface area is 185 Å². The molecule has 1 aliphatic rings. The first-order valence-electron chi connectivity index (χ1n) is 10.1. The molecular weight excluding hydrogens is 419 g/mol. The molecule has 4 rings (SSSR count). The molecule has 3 heterocycles. The molecule has 0 bridgehead atoms. The fourth-order valence-corrected chi connectivity index (χ4v) is 3.75. The Balaban J connectivity index is 1.29. The zero-order chi connectivity index (χ0) is 21.6. The van der Waals surface area contributed by atoms with E-state index in [1.165, 1.54) is 12.1 Å². The molecule has 0 amide bonds. The summed E-state index contributed by atoms with van der Waals surface area (Å²) in [4.78, 5) is 21.8. The monoisotopic (exact) mass is 442 g/mol. The van der Waals surface area contributed by atoms with E-state index in [0.717, 1.165) is 44.1 Å². The number of pyridine rings is 1. The highest BCUT2D eigenvalue weighted by Crippen LogP contribution is 2.23. The SMILES string of the molecule is Nc1nc(CCN2CCN(c3ncccc3Cl)CC2)nc(NCc2cccc(F)c2)n1. The molecule has 0 radical (unpaired) electrons. The van der Waals surface area contributed by atoms with Gasteiger partial charge in [-0.25, -0.2) is 9.37 Å². The van der Waals surface area contributed by atoms with Crippen molar-refractivity contribution in [2.75, 3.05) is 48.7 Å². The Morgan fingerprint density at radius 2 is 1.90 bits per heavy atom. The van der Waals surface area contributed by atoms with E-state index in [2.05, 4.69) is 35.1 Å². The zero-order valence-electron chi connectivity index (χ0n) is 17.0. The van der Waals surface area contributed by atoms with E-state index in [0.29, 0.717) is 29.8 Å². The first kappa shape index (κ1) is 21.2. The van der Waals surface area contributed by atoms with E-state index in [-0.39, 0.29) is 11.8 Å². The molecule has 0 atom stereocenters. The van der Waals surface area contributed by atoms with Crippen molar-refractivity contribution in [2.24, 2.45) is 0 Å². The molecule has 10 heteroatoms. The van der Waals surface area contributed by atoms with Crippen molar-refractivity contribution in [2.45, 2.75) is 13.0 Å². The molecule has 2 aromatic heterocycles. The summed E-state index contributed by atoms with van der Waals surface area (Å²) >= 11 is 6.26. The number of nitrogens with zero attached hydrogens (tertiary/aromatic N) is 6. The van der Waals surface area contributed by atoms with Gasteiger partial charge >= 0.3 is 0 Å². The van der Waals surface area contributed by atoms with E-state index in [1.54, 1.807) is 12.3 Å². The van der Waals surface area contributed by atoms with E-state index in [9.17, 15) is 4.39 Å². The molecule has 162 valence electrons. The highest BCUT2D eigenvalue weighted by Gasteiger charge is 2.20. The van der Waals surface area contributed by atoms with Gasteiger partial charge in [0.25, 0.3) is 0 Å². The van der Waals surface area contributed by atoms with Crippen LogP contribution in [0.2, 0.25) is 5.02 Å². The topological polar surface area (TPSA) is 96.1 Å². The van der Waals surface area contributed by atoms with Crippen LogP contribution >= 0.6 is 11.6 Å². The fourth-order valence-electron chi connectivity index (χ4n) is 3.51. The quantitative estimate of drug-likeness (QED) is 0.576. The van der Waals surface area contributed by atoms with Gasteiger partial charge in [0.2, 0.25) is 11.9 Å². The summed E-state index contributed by atoms with van der Waals surface area (Å²) in [5.41, 5.74) is 6.65. The minimum absolute atomic E-state index is 0.168. The van der Waals surface area contributed by atoms with Crippen LogP contribution in [0.1, 0.15) is 11.4 Å². The van der Waals surface area contributed by atoms with Gasteiger partial charge < -0.3 is 16.0 Å². The molecule has 3 aromatic rings. The average Bonchev–Trinajstić information content (AvgIpc) is 2.77. The summed E-state index contributed by atoms with van der Waals surface area (Å²) in [5, 5.41) is 3.76. The summed E-state index contributed by atoms with van der Waals surface area (Å²) < 4.78 is 13.3. The van der Waals surface area contributed by atoms with E-state index >= 15 is 0 Å². The van der Waals surface area contributed by atoms with Gasteiger partial charge in [0, 0.05) is 51.9 Å². The molecule has 1 fully saturated rings. The van der Waals surface area contributed by atoms with Gasteiger partial charge in [-0.2, -0.15) is 15.0 Å². The number of hydrogen-bond donors (Lipinski definition) is 2. The van der Waals surface area contributed by atoms with Crippen molar-refractivity contribution in [3.63, 3.8) is 0 Å². The second-order valence-electron chi connectivity index (χ2n) is 7.30. The van der Waals surface area contributed by atoms with Crippen molar-refractivity contribution in [3.05, 3.63) is 64.8 Å². The minimum atomic E-state index is -0.277. The van der Waals surface area contributed by atoms with Gasteiger partial charge in [0.1, 0.15) is 17.5 Å². The average molecular weight is 443 g/mol. The number of anilines is 3. The van der Waals surface area contributed by atoms with E-state index < -0.39 is 0 Å². The molecule has 0 saturated carbocycles. The lowest BCUT2D eigenvalue weighted by molar-refractivity contribution is 0.259. The fraction of sp³-hybridized carbons (Fsp3) is 0.333. The van der Waals surface area contributed by atoms with Crippen LogP contribution in [-0.4, -0.2) is 57.6 Å². The van der Waals surface area contributed by atoms with Crippen molar-refractivity contribution in [1.29, 1.82) is 0 Å². The maximum atomic E-state index is 13.3. The third-order valence-electron chi connectivity index (χ3n) is 5.10. The lowest BCUT2D eigenvalue weighted by Crippen LogP contribution is -2.47.